The Morgan fingerprint density at radius 3 is 2.39 bits per heavy atom. The van der Waals surface area contributed by atoms with E-state index in [1.54, 1.807) is 48.5 Å². The van der Waals surface area contributed by atoms with Gasteiger partial charge in [-0.2, -0.15) is 0 Å². The molecule has 148 valence electrons. The molecule has 28 heavy (non-hydrogen) atoms. The number of carboxylic acid groups (broad SMARTS) is 1. The number of aliphatic hydroxyl groups is 1. The number of halogens is 1. The van der Waals surface area contributed by atoms with Gasteiger partial charge in [0.05, 0.1) is 6.61 Å². The molecular formula is C20H20BrNO6. The number of amides is 1. The van der Waals surface area contributed by atoms with Crippen molar-refractivity contribution in [2.45, 2.75) is 12.5 Å². The zero-order valence-electron chi connectivity index (χ0n) is 14.9. The number of benzene rings is 2. The highest BCUT2D eigenvalue weighted by Gasteiger charge is 2.16. The molecule has 1 atom stereocenters. The minimum atomic E-state index is -1.08. The molecule has 8 heteroatoms. The lowest BCUT2D eigenvalue weighted by Crippen LogP contribution is -2.17. The summed E-state index contributed by atoms with van der Waals surface area (Å²) in [5.74, 6) is -0.511. The fraction of sp³-hybridized carbons (Fsp3) is 0.200. The summed E-state index contributed by atoms with van der Waals surface area (Å²) in [6.45, 7) is 0.0833. The van der Waals surface area contributed by atoms with Gasteiger partial charge in [0.1, 0.15) is 18.5 Å². The van der Waals surface area contributed by atoms with Crippen LogP contribution in [-0.2, 0) is 9.53 Å². The molecule has 0 heterocycles. The third-order valence-corrected chi connectivity index (χ3v) is 4.09. The first-order valence-corrected chi connectivity index (χ1v) is 9.23. The number of hydrogen-bond acceptors (Lipinski definition) is 5. The third-order valence-electron chi connectivity index (χ3n) is 3.56. The molecule has 0 fully saturated rings. The maximum Gasteiger partial charge on any atom is 0.412 e. The number of aliphatic carboxylic acids is 1. The van der Waals surface area contributed by atoms with Crippen LogP contribution in [0, 0.1) is 0 Å². The maximum absolute atomic E-state index is 12.2. The van der Waals surface area contributed by atoms with Crippen molar-refractivity contribution < 1.29 is 29.3 Å². The van der Waals surface area contributed by atoms with Crippen LogP contribution in [0.4, 0.5) is 10.5 Å². The van der Waals surface area contributed by atoms with Gasteiger partial charge >= 0.3 is 12.1 Å². The standard InChI is InChI=1S/C20H20BrNO6/c21-15-6-8-16(9-7-15)22-20(26)28-18(2-1-3-19(24)25)14-4-10-17(11-5-14)27-13-12-23/h1,3-11,18,23H,2,12-13H2,(H,22,26)(H,24,25)/b3-1+/t18-/m0/s1. The van der Waals surface area contributed by atoms with E-state index in [1.165, 1.54) is 6.08 Å². The summed E-state index contributed by atoms with van der Waals surface area (Å²) in [5, 5.41) is 20.2. The number of carboxylic acids is 1. The van der Waals surface area contributed by atoms with Gasteiger partial charge in [-0.3, -0.25) is 5.32 Å². The molecule has 0 bridgehead atoms. The first kappa shape index (κ1) is 21.5. The second-order valence-electron chi connectivity index (χ2n) is 5.64. The first-order chi connectivity index (χ1) is 13.5. The van der Waals surface area contributed by atoms with Gasteiger partial charge in [-0.25, -0.2) is 9.59 Å². The number of hydrogen-bond donors (Lipinski definition) is 3. The van der Waals surface area contributed by atoms with Gasteiger partial charge in [0.2, 0.25) is 0 Å². The lowest BCUT2D eigenvalue weighted by molar-refractivity contribution is -0.131. The van der Waals surface area contributed by atoms with E-state index < -0.39 is 18.2 Å². The monoisotopic (exact) mass is 449 g/mol. The Balaban J connectivity index is 2.08. The molecule has 2 aromatic carbocycles. The van der Waals surface area contributed by atoms with E-state index >= 15 is 0 Å². The van der Waals surface area contributed by atoms with E-state index in [4.69, 9.17) is 19.7 Å². The number of carbonyl (C=O) groups is 2. The summed E-state index contributed by atoms with van der Waals surface area (Å²) in [7, 11) is 0. The lowest BCUT2D eigenvalue weighted by Gasteiger charge is -2.18. The number of anilines is 1. The molecule has 0 aromatic heterocycles. The Morgan fingerprint density at radius 2 is 1.79 bits per heavy atom. The Kier molecular flexibility index (Phi) is 8.51. The molecule has 0 radical (unpaired) electrons. The maximum atomic E-state index is 12.2. The normalized spacial score (nSPS) is 11.8. The second-order valence-corrected chi connectivity index (χ2v) is 6.56. The number of ether oxygens (including phenoxy) is 2. The van der Waals surface area contributed by atoms with Crippen molar-refractivity contribution in [3.8, 4) is 5.75 Å². The molecule has 1 amide bonds. The number of nitrogens with one attached hydrogen (secondary N) is 1. The van der Waals surface area contributed by atoms with Gasteiger partial charge in [0, 0.05) is 22.7 Å². The van der Waals surface area contributed by atoms with Crippen molar-refractivity contribution in [3.63, 3.8) is 0 Å². The highest BCUT2D eigenvalue weighted by Crippen LogP contribution is 2.25. The van der Waals surface area contributed by atoms with Crippen molar-refractivity contribution in [1.29, 1.82) is 0 Å². The SMILES string of the molecule is O=C(O)/C=C/C[C@H](OC(=O)Nc1ccc(Br)cc1)c1ccc(OCCO)cc1. The van der Waals surface area contributed by atoms with E-state index in [1.807, 2.05) is 0 Å². The molecule has 2 aromatic rings. The Morgan fingerprint density at radius 1 is 1.11 bits per heavy atom. The fourth-order valence-corrected chi connectivity index (χ4v) is 2.56. The van der Waals surface area contributed by atoms with Gasteiger partial charge in [-0.05, 0) is 42.0 Å². The predicted octanol–water partition coefficient (Wildman–Crippen LogP) is 4.14. The molecule has 0 saturated heterocycles. The van der Waals surface area contributed by atoms with Gasteiger partial charge in [-0.1, -0.05) is 34.1 Å². The molecule has 0 aliphatic carbocycles. The van der Waals surface area contributed by atoms with Crippen LogP contribution >= 0.6 is 15.9 Å². The summed E-state index contributed by atoms with van der Waals surface area (Å²) in [6.07, 6.45) is 1.28. The van der Waals surface area contributed by atoms with Gasteiger partial charge in [0.15, 0.2) is 0 Å². The Labute approximate surface area is 170 Å². The van der Waals surface area contributed by atoms with E-state index in [0.29, 0.717) is 17.0 Å². The smallest absolute Gasteiger partial charge is 0.412 e. The molecule has 3 N–H and O–H groups in total. The molecule has 0 unspecified atom stereocenters. The highest BCUT2D eigenvalue weighted by atomic mass is 79.9. The van der Waals surface area contributed by atoms with Crippen molar-refractivity contribution in [2.75, 3.05) is 18.5 Å². The highest BCUT2D eigenvalue weighted by molar-refractivity contribution is 9.10. The van der Waals surface area contributed by atoms with Crippen LogP contribution in [0.2, 0.25) is 0 Å². The molecule has 0 spiro atoms. The van der Waals surface area contributed by atoms with Crippen LogP contribution in [0.5, 0.6) is 5.75 Å². The van der Waals surface area contributed by atoms with Crippen LogP contribution in [0.1, 0.15) is 18.1 Å². The molecule has 7 nitrogen and oxygen atoms in total. The molecule has 0 saturated carbocycles. The summed E-state index contributed by atoms with van der Waals surface area (Å²) in [6, 6.07) is 13.8. The zero-order chi connectivity index (χ0) is 20.4. The topological polar surface area (TPSA) is 105 Å². The van der Waals surface area contributed by atoms with Gasteiger partial charge in [-0.15, -0.1) is 0 Å². The van der Waals surface area contributed by atoms with Crippen molar-refractivity contribution in [3.05, 3.63) is 70.7 Å². The minimum Gasteiger partial charge on any atom is -0.491 e. The van der Waals surface area contributed by atoms with E-state index in [-0.39, 0.29) is 19.6 Å². The van der Waals surface area contributed by atoms with Crippen LogP contribution in [-0.4, -0.2) is 35.5 Å². The molecular weight excluding hydrogens is 430 g/mol. The fourth-order valence-electron chi connectivity index (χ4n) is 2.30. The summed E-state index contributed by atoms with van der Waals surface area (Å²) < 4.78 is 11.7. The molecule has 0 aliphatic rings. The first-order valence-electron chi connectivity index (χ1n) is 8.44. The largest absolute Gasteiger partial charge is 0.491 e. The average molecular weight is 450 g/mol. The predicted molar refractivity (Wildman–Crippen MR) is 107 cm³/mol. The van der Waals surface area contributed by atoms with Crippen molar-refractivity contribution in [1.82, 2.24) is 0 Å². The summed E-state index contributed by atoms with van der Waals surface area (Å²) in [4.78, 5) is 23.0. The van der Waals surface area contributed by atoms with Crippen LogP contribution < -0.4 is 10.1 Å². The van der Waals surface area contributed by atoms with Gasteiger partial charge < -0.3 is 19.7 Å². The molecule has 0 aliphatic heterocycles. The Hall–Kier alpha value is -2.84. The van der Waals surface area contributed by atoms with E-state index in [2.05, 4.69) is 21.2 Å². The van der Waals surface area contributed by atoms with Crippen LogP contribution in [0.15, 0.2) is 65.2 Å². The van der Waals surface area contributed by atoms with Crippen molar-refractivity contribution >= 4 is 33.7 Å². The zero-order valence-corrected chi connectivity index (χ0v) is 16.5. The van der Waals surface area contributed by atoms with Crippen LogP contribution in [0.25, 0.3) is 0 Å². The second kappa shape index (κ2) is 11.1. The number of aliphatic hydroxyl groups excluding tert-OH is 1. The number of rotatable bonds is 9. The third kappa shape index (κ3) is 7.42. The minimum absolute atomic E-state index is 0.0936. The van der Waals surface area contributed by atoms with Crippen LogP contribution in [0.3, 0.4) is 0 Å². The van der Waals surface area contributed by atoms with E-state index in [9.17, 15) is 9.59 Å². The summed E-state index contributed by atoms with van der Waals surface area (Å²) in [5.41, 5.74) is 1.25. The quantitative estimate of drug-likeness (QED) is 0.496. The van der Waals surface area contributed by atoms with Crippen molar-refractivity contribution in [2.24, 2.45) is 0 Å². The van der Waals surface area contributed by atoms with Gasteiger partial charge in [0.25, 0.3) is 0 Å². The average Bonchev–Trinajstić information content (AvgIpc) is 2.67. The lowest BCUT2D eigenvalue weighted by atomic mass is 10.1. The molecule has 2 rings (SSSR count). The Bertz CT molecular complexity index is 804. The van der Waals surface area contributed by atoms with E-state index in [0.717, 1.165) is 10.5 Å². The summed E-state index contributed by atoms with van der Waals surface area (Å²) >= 11 is 3.32. The number of carbonyl (C=O) groups excluding carboxylic acids is 1.